The first-order valence-corrected chi connectivity index (χ1v) is 28.2. The number of hydrogen-bond donors (Lipinski definition) is 12. The molecule has 5 unspecified atom stereocenters. The van der Waals surface area contributed by atoms with Crippen LogP contribution < -0.4 is 42.6 Å². The van der Waals surface area contributed by atoms with E-state index in [9.17, 15) is 62.7 Å². The van der Waals surface area contributed by atoms with Crippen molar-refractivity contribution in [3.05, 3.63) is 46.0 Å². The summed E-state index contributed by atoms with van der Waals surface area (Å²) < 4.78 is 107. The fourth-order valence-electron chi connectivity index (χ4n) is 9.01. The van der Waals surface area contributed by atoms with Crippen LogP contribution in [0.1, 0.15) is 18.7 Å². The van der Waals surface area contributed by atoms with Crippen LogP contribution in [0, 0.1) is 5.92 Å². The Balaban J connectivity index is 0.888. The van der Waals surface area contributed by atoms with E-state index in [1.807, 2.05) is 0 Å². The lowest BCUT2D eigenvalue weighted by Gasteiger charge is -2.35. The number of nitrogen functional groups attached to an aromatic ring is 3. The lowest BCUT2D eigenvalue weighted by atomic mass is 9.99. The molecule has 416 valence electrons. The monoisotopic (exact) mass is 1160 g/mol. The number of fused-ring (bicyclic) bond motifs is 3. The second-order valence-corrected chi connectivity index (χ2v) is 24.1. The van der Waals surface area contributed by atoms with E-state index in [4.69, 9.17) is 54.5 Å². The number of imidazole rings is 3. The fraction of sp³-hybridized carbons (Fsp3) is 0.559. The Morgan fingerprint density at radius 3 is 2.12 bits per heavy atom. The number of phosphoric acid groups is 1. The lowest BCUT2D eigenvalue weighted by molar-refractivity contribution is -0.745. The van der Waals surface area contributed by atoms with Crippen molar-refractivity contribution in [3.63, 3.8) is 0 Å². The highest BCUT2D eigenvalue weighted by Crippen LogP contribution is 2.63. The molecular weight excluding hydrogens is 1110 g/mol. The molecule has 0 amide bonds. The van der Waals surface area contributed by atoms with E-state index < -0.39 is 135 Å². The molecule has 6 aromatic heterocycles. The standard InChI is InChI=1S/C34H48N16O22P4/c1-47-11-50(27-18(47)29(55)45-34(37)43-27)30-19(51)12(4-64-2)13(69-30)5-67-74(58,59)46-75(60,61)72-76(62,63)68-7-15-23(22(65-3)32(71-15)48-9-40-16-24(35)38-8-39-25(16)48)73(56,57)66-6-14-20(52)21(53)31(70-14)49-10-41-17-26(49)42-33(36)44-28(17)54/h8-15,19-23,30-32,51-53H,4-7H2,1-3H3,(H12-,35,36,37,38,39,42,43,44,45,46,54,55,56,57,58,59,60,61,62,63)/t12-,13-,14-,15?,19-,20-,21-,22-,23-,30-,31-,32-/m1/s1. The third-order valence-corrected chi connectivity index (χ3v) is 18.9. The van der Waals surface area contributed by atoms with Gasteiger partial charge in [-0.15, -0.1) is 4.86 Å². The number of aliphatic hydroxyl groups is 3. The Morgan fingerprint density at radius 1 is 0.763 bits per heavy atom. The van der Waals surface area contributed by atoms with Crippen molar-refractivity contribution in [2.75, 3.05) is 57.8 Å². The van der Waals surface area contributed by atoms with Gasteiger partial charge in [-0.05, 0) is 0 Å². The average molecular weight is 1160 g/mol. The van der Waals surface area contributed by atoms with Gasteiger partial charge in [0.15, 0.2) is 41.4 Å². The van der Waals surface area contributed by atoms with Gasteiger partial charge in [0.1, 0.15) is 50.0 Å². The largest absolute Gasteiger partial charge is 0.778 e. The number of ether oxygens (including phenoxy) is 5. The van der Waals surface area contributed by atoms with E-state index in [-0.39, 0.29) is 57.8 Å². The lowest BCUT2D eigenvalue weighted by Crippen LogP contribution is -2.45. The number of aromatic nitrogens is 12. The quantitative estimate of drug-likeness (QED) is 0.0252. The van der Waals surface area contributed by atoms with Crippen molar-refractivity contribution in [3.8, 4) is 0 Å². The smallest absolute Gasteiger partial charge is 0.480 e. The summed E-state index contributed by atoms with van der Waals surface area (Å²) in [6, 6.07) is 0. The molecule has 3 fully saturated rings. The van der Waals surface area contributed by atoms with Crippen LogP contribution in [0.25, 0.3) is 33.5 Å². The summed E-state index contributed by atoms with van der Waals surface area (Å²) in [5.74, 6) is -1.69. The maximum absolute atomic E-state index is 14.3. The first-order valence-electron chi connectivity index (χ1n) is 21.9. The van der Waals surface area contributed by atoms with Crippen LogP contribution >= 0.6 is 30.9 Å². The number of anilines is 3. The molecule has 38 nitrogen and oxygen atoms in total. The van der Waals surface area contributed by atoms with Gasteiger partial charge in [0.05, 0.1) is 64.0 Å². The van der Waals surface area contributed by atoms with Crippen LogP contribution in [0.4, 0.5) is 17.7 Å². The fourth-order valence-corrected chi connectivity index (χ4v) is 14.7. The Labute approximate surface area is 422 Å². The third-order valence-electron chi connectivity index (χ3n) is 12.3. The van der Waals surface area contributed by atoms with Gasteiger partial charge in [-0.25, -0.2) is 38.2 Å². The van der Waals surface area contributed by atoms with Gasteiger partial charge < -0.3 is 84.9 Å². The van der Waals surface area contributed by atoms with Gasteiger partial charge >= 0.3 is 29.0 Å². The minimum absolute atomic E-state index is 0.0104. The molecule has 0 saturated carbocycles. The maximum Gasteiger partial charge on any atom is 0.480 e. The second kappa shape index (κ2) is 20.9. The molecule has 0 spiro atoms. The molecule has 0 aromatic carbocycles. The Bertz CT molecular complexity index is 3490. The van der Waals surface area contributed by atoms with Crippen LogP contribution in [0.3, 0.4) is 0 Å². The number of aliphatic hydroxyl groups excluding tert-OH is 3. The minimum atomic E-state index is -5.95. The van der Waals surface area contributed by atoms with Gasteiger partial charge in [-0.3, -0.25) is 42.3 Å². The van der Waals surface area contributed by atoms with Crippen LogP contribution in [-0.2, 0) is 66.9 Å². The van der Waals surface area contributed by atoms with Crippen LogP contribution in [0.2, 0.25) is 0 Å². The van der Waals surface area contributed by atoms with E-state index in [0.29, 0.717) is 0 Å². The Kier molecular flexibility index (Phi) is 15.3. The summed E-state index contributed by atoms with van der Waals surface area (Å²) in [6.07, 6.45) is -11.4. The molecule has 76 heavy (non-hydrogen) atoms. The number of nitrogens with zero attached hydrogens (tertiary/aromatic N) is 10. The topological polar surface area (TPSA) is 548 Å². The maximum atomic E-state index is 14.3. The van der Waals surface area contributed by atoms with Crippen molar-refractivity contribution in [2.24, 2.45) is 13.0 Å². The molecule has 3 aliphatic heterocycles. The molecule has 6 aromatic rings. The van der Waals surface area contributed by atoms with E-state index >= 15 is 0 Å². The average Bonchev–Trinajstić information content (AvgIpc) is 4.21. The molecule has 0 bridgehead atoms. The predicted molar refractivity (Wildman–Crippen MR) is 247 cm³/mol. The summed E-state index contributed by atoms with van der Waals surface area (Å²) in [5, 5.41) is 33.2. The molecular formula is C34H48N16O22P4. The van der Waals surface area contributed by atoms with Crippen molar-refractivity contribution < 1.29 is 99.3 Å². The Morgan fingerprint density at radius 2 is 1.41 bits per heavy atom. The summed E-state index contributed by atoms with van der Waals surface area (Å²) in [5.41, 5.74) is 13.6. The van der Waals surface area contributed by atoms with Gasteiger partial charge in [0, 0.05) is 20.1 Å². The highest BCUT2D eigenvalue weighted by molar-refractivity contribution is 7.71. The third kappa shape index (κ3) is 10.7. The number of nitrogens with one attached hydrogen (secondary N) is 3. The van der Waals surface area contributed by atoms with Gasteiger partial charge in [-0.2, -0.15) is 9.29 Å². The Hall–Kier alpha value is -5.11. The number of nitrogens with two attached hydrogens (primary N) is 3. The predicted octanol–water partition coefficient (Wildman–Crippen LogP) is -4.80. The summed E-state index contributed by atoms with van der Waals surface area (Å²) in [4.78, 5) is 101. The number of H-pyrrole nitrogens is 2. The molecule has 9 heterocycles. The minimum Gasteiger partial charge on any atom is -0.778 e. The van der Waals surface area contributed by atoms with Crippen molar-refractivity contribution in [1.29, 1.82) is 0 Å². The second-order valence-electron chi connectivity index (χ2n) is 17.2. The van der Waals surface area contributed by atoms with Crippen LogP contribution in [0.5, 0.6) is 0 Å². The number of aromatic amines is 2. The molecule has 9 rings (SSSR count). The molecule has 3 aliphatic rings. The normalized spacial score (nSPS) is 30.2. The highest BCUT2D eigenvalue weighted by Gasteiger charge is 2.55. The van der Waals surface area contributed by atoms with E-state index in [0.717, 1.165) is 30.7 Å². The van der Waals surface area contributed by atoms with Crippen LogP contribution in [-0.4, -0.2) is 173 Å². The zero-order chi connectivity index (χ0) is 55.0. The van der Waals surface area contributed by atoms with Gasteiger partial charge in [0.25, 0.3) is 17.1 Å². The molecule has 42 heteroatoms. The summed E-state index contributed by atoms with van der Waals surface area (Å²) in [6.45, 7) is -3.46. The van der Waals surface area contributed by atoms with Gasteiger partial charge in [0.2, 0.25) is 17.7 Å². The van der Waals surface area contributed by atoms with E-state index in [1.165, 1.54) is 39.0 Å². The number of hydrogen-bond acceptors (Lipinski definition) is 28. The summed E-state index contributed by atoms with van der Waals surface area (Å²) >= 11 is 0. The summed E-state index contributed by atoms with van der Waals surface area (Å²) in [7, 11) is -19.1. The molecule has 16 atom stereocenters. The number of methoxy groups -OCH3 is 2. The van der Waals surface area contributed by atoms with Crippen LogP contribution in [0.15, 0.2) is 34.9 Å². The van der Waals surface area contributed by atoms with Crippen molar-refractivity contribution in [2.45, 2.75) is 67.1 Å². The highest BCUT2D eigenvalue weighted by atomic mass is 31.3. The molecule has 3 saturated heterocycles. The first-order chi connectivity index (χ1) is 35.7. The van der Waals surface area contributed by atoms with E-state index in [2.05, 4.69) is 44.2 Å². The number of phosphoric ester groups is 1. The van der Waals surface area contributed by atoms with Gasteiger partial charge in [-0.1, -0.05) is 4.98 Å². The molecule has 15 N–H and O–H groups in total. The first kappa shape index (κ1) is 55.6. The molecule has 0 radical (unpaired) electrons. The zero-order valence-electron chi connectivity index (χ0n) is 39.3. The van der Waals surface area contributed by atoms with Crippen molar-refractivity contribution >= 4 is 82.1 Å². The number of aryl methyl sites for hydroxylation is 1. The number of rotatable bonds is 20. The zero-order valence-corrected chi connectivity index (χ0v) is 42.9. The van der Waals surface area contributed by atoms with E-state index in [1.54, 1.807) is 0 Å². The molecule has 0 aliphatic carbocycles. The SMILES string of the molecule is COC[C@H]1[C@@H](O)[C@H]([n+]2cn(C)c3c(=O)[nH]c(N)nc32)O[C@@H]1COP(=O)(O)NP(=O)(O)OP(=O)(O)OCC1O[C@@H](n2cnc3c(N)ncnc32)[C@H](OC)[C@@H]1P(=O)([O-])OC[C@H]1O[C@@H](n2cnc3c(=O)[nH]c(N)nc32)[C@H](O)[C@@H]1O. The van der Waals surface area contributed by atoms with Crippen molar-refractivity contribution in [1.82, 2.24) is 58.4 Å².